The maximum absolute atomic E-state index is 5.77. The molecule has 0 saturated carbocycles. The molecule has 13 heavy (non-hydrogen) atoms. The molecule has 2 nitrogen and oxygen atoms in total. The first-order valence-electron chi connectivity index (χ1n) is 3.87. The van der Waals surface area contributed by atoms with Crippen LogP contribution in [0.15, 0.2) is 29.3 Å². The molecule has 0 bridgehead atoms. The number of halogens is 1. The smallest absolute Gasteiger partial charge is 0.199 e. The molecule has 1 aromatic carbocycles. The molecular weight excluding hydrogens is 204 g/mol. The lowest BCUT2D eigenvalue weighted by Crippen LogP contribution is -2.23. The molecule has 0 aromatic heterocycles. The third-order valence-electron chi connectivity index (χ3n) is 1.84. The molecule has 0 spiro atoms. The number of thiocarbonyl (C=S) groups is 1. The Morgan fingerprint density at radius 2 is 2.00 bits per heavy atom. The van der Waals surface area contributed by atoms with Crippen molar-refractivity contribution in [3.63, 3.8) is 0 Å². The molecule has 0 amide bonds. The first kappa shape index (κ1) is 8.66. The van der Waals surface area contributed by atoms with Gasteiger partial charge in [0.2, 0.25) is 0 Å². The van der Waals surface area contributed by atoms with E-state index in [2.05, 4.69) is 4.99 Å². The molecule has 66 valence electrons. The largest absolute Gasteiger partial charge is 0.312 e. The van der Waals surface area contributed by atoms with Crippen molar-refractivity contribution in [2.45, 2.75) is 0 Å². The van der Waals surface area contributed by atoms with E-state index in [-0.39, 0.29) is 0 Å². The summed E-state index contributed by atoms with van der Waals surface area (Å²) in [6, 6.07) is 7.56. The third kappa shape index (κ3) is 1.71. The van der Waals surface area contributed by atoms with E-state index in [9.17, 15) is 0 Å². The van der Waals surface area contributed by atoms with Crippen molar-refractivity contribution >= 4 is 40.8 Å². The SMILES string of the molecule is S=C1N=CCN1c1ccc(Cl)cc1. The van der Waals surface area contributed by atoms with Crippen LogP contribution in [0.5, 0.6) is 0 Å². The van der Waals surface area contributed by atoms with Crippen LogP contribution < -0.4 is 4.90 Å². The summed E-state index contributed by atoms with van der Waals surface area (Å²) in [5.41, 5.74) is 1.03. The van der Waals surface area contributed by atoms with Gasteiger partial charge in [-0.3, -0.25) is 0 Å². The predicted molar refractivity (Wildman–Crippen MR) is 59.9 cm³/mol. The summed E-state index contributed by atoms with van der Waals surface area (Å²) in [5.74, 6) is 0. The Morgan fingerprint density at radius 3 is 2.54 bits per heavy atom. The van der Waals surface area contributed by atoms with Crippen LogP contribution in [-0.2, 0) is 0 Å². The lowest BCUT2D eigenvalue weighted by atomic mass is 10.3. The van der Waals surface area contributed by atoms with E-state index < -0.39 is 0 Å². The summed E-state index contributed by atoms with van der Waals surface area (Å²) in [6.07, 6.45) is 1.80. The first-order chi connectivity index (χ1) is 6.27. The van der Waals surface area contributed by atoms with Crippen LogP contribution in [0.25, 0.3) is 0 Å². The second-order valence-corrected chi connectivity index (χ2v) is 3.48. The fourth-order valence-electron chi connectivity index (χ4n) is 1.19. The number of aliphatic imine (C=N–C) groups is 1. The minimum Gasteiger partial charge on any atom is -0.312 e. The van der Waals surface area contributed by atoms with Crippen LogP contribution in [-0.4, -0.2) is 17.9 Å². The molecule has 1 heterocycles. The van der Waals surface area contributed by atoms with Gasteiger partial charge in [-0.1, -0.05) is 11.6 Å². The number of rotatable bonds is 1. The van der Waals surface area contributed by atoms with Crippen molar-refractivity contribution in [3.8, 4) is 0 Å². The Morgan fingerprint density at radius 1 is 1.31 bits per heavy atom. The van der Waals surface area contributed by atoms with Crippen LogP contribution >= 0.6 is 23.8 Å². The highest BCUT2D eigenvalue weighted by Crippen LogP contribution is 2.19. The van der Waals surface area contributed by atoms with Crippen molar-refractivity contribution in [1.82, 2.24) is 0 Å². The van der Waals surface area contributed by atoms with Gasteiger partial charge in [-0.2, -0.15) is 0 Å². The number of benzene rings is 1. The first-order valence-corrected chi connectivity index (χ1v) is 4.65. The van der Waals surface area contributed by atoms with Gasteiger partial charge in [-0.15, -0.1) is 0 Å². The molecule has 0 N–H and O–H groups in total. The molecule has 0 saturated heterocycles. The normalized spacial score (nSPS) is 15.5. The van der Waals surface area contributed by atoms with Gasteiger partial charge in [0.1, 0.15) is 0 Å². The van der Waals surface area contributed by atoms with Gasteiger partial charge < -0.3 is 4.90 Å². The molecule has 1 aromatic rings. The average molecular weight is 211 g/mol. The zero-order chi connectivity index (χ0) is 9.26. The quantitative estimate of drug-likeness (QED) is 0.662. The minimum atomic E-state index is 0.613. The van der Waals surface area contributed by atoms with Gasteiger partial charge >= 0.3 is 0 Å². The summed E-state index contributed by atoms with van der Waals surface area (Å²) < 4.78 is 0. The number of nitrogens with zero attached hydrogens (tertiary/aromatic N) is 2. The lowest BCUT2D eigenvalue weighted by molar-refractivity contribution is 1.24. The van der Waals surface area contributed by atoms with Crippen molar-refractivity contribution in [3.05, 3.63) is 29.3 Å². The Kier molecular flexibility index (Phi) is 2.29. The Hall–Kier alpha value is -0.930. The standard InChI is InChI=1S/C9H7ClN2S/c10-7-1-3-8(4-2-7)12-6-5-11-9(12)13/h1-5H,6H2. The fraction of sp³-hybridized carbons (Fsp3) is 0.111. The van der Waals surface area contributed by atoms with E-state index in [4.69, 9.17) is 23.8 Å². The van der Waals surface area contributed by atoms with E-state index in [0.717, 1.165) is 17.3 Å². The summed E-state index contributed by atoms with van der Waals surface area (Å²) in [7, 11) is 0. The maximum atomic E-state index is 5.77. The van der Waals surface area contributed by atoms with Crippen molar-refractivity contribution in [1.29, 1.82) is 0 Å². The molecule has 0 fully saturated rings. The summed E-state index contributed by atoms with van der Waals surface area (Å²) in [5, 5.41) is 1.34. The molecule has 0 radical (unpaired) electrons. The minimum absolute atomic E-state index is 0.613. The van der Waals surface area contributed by atoms with Gasteiger partial charge in [0.05, 0.1) is 6.54 Å². The monoisotopic (exact) mass is 210 g/mol. The van der Waals surface area contributed by atoms with Gasteiger partial charge in [0.25, 0.3) is 0 Å². The van der Waals surface area contributed by atoms with Gasteiger partial charge in [0.15, 0.2) is 5.11 Å². The Bertz CT molecular complexity index is 358. The van der Waals surface area contributed by atoms with Crippen LogP contribution in [0.1, 0.15) is 0 Å². The molecule has 1 aliphatic heterocycles. The van der Waals surface area contributed by atoms with Gasteiger partial charge in [-0.25, -0.2) is 4.99 Å². The lowest BCUT2D eigenvalue weighted by Gasteiger charge is -2.15. The number of hydrogen-bond donors (Lipinski definition) is 0. The van der Waals surface area contributed by atoms with E-state index in [0.29, 0.717) is 5.11 Å². The van der Waals surface area contributed by atoms with Crippen LogP contribution in [0.3, 0.4) is 0 Å². The van der Waals surface area contributed by atoms with Crippen molar-refractivity contribution in [2.75, 3.05) is 11.4 Å². The van der Waals surface area contributed by atoms with Crippen LogP contribution in [0.4, 0.5) is 5.69 Å². The second kappa shape index (κ2) is 3.44. The topological polar surface area (TPSA) is 15.6 Å². The molecule has 2 rings (SSSR count). The maximum Gasteiger partial charge on any atom is 0.199 e. The van der Waals surface area contributed by atoms with E-state index >= 15 is 0 Å². The Labute approximate surface area is 86.8 Å². The molecule has 0 atom stereocenters. The van der Waals surface area contributed by atoms with Crippen LogP contribution in [0, 0.1) is 0 Å². The van der Waals surface area contributed by atoms with E-state index in [1.807, 2.05) is 29.2 Å². The molecule has 0 aliphatic carbocycles. The predicted octanol–water partition coefficient (Wildman–Crippen LogP) is 2.52. The average Bonchev–Trinajstić information content (AvgIpc) is 2.53. The van der Waals surface area contributed by atoms with E-state index in [1.165, 1.54) is 0 Å². The van der Waals surface area contributed by atoms with Crippen molar-refractivity contribution in [2.24, 2.45) is 4.99 Å². The number of anilines is 1. The molecular formula is C9H7ClN2S. The van der Waals surface area contributed by atoms with Gasteiger partial charge in [-0.05, 0) is 36.5 Å². The summed E-state index contributed by atoms with van der Waals surface area (Å²) >= 11 is 10.8. The molecule has 0 unspecified atom stereocenters. The van der Waals surface area contributed by atoms with E-state index in [1.54, 1.807) is 6.21 Å². The second-order valence-electron chi connectivity index (χ2n) is 2.68. The highest BCUT2D eigenvalue weighted by molar-refractivity contribution is 7.80. The highest BCUT2D eigenvalue weighted by Gasteiger charge is 2.13. The van der Waals surface area contributed by atoms with Gasteiger partial charge in [0, 0.05) is 16.9 Å². The Balaban J connectivity index is 2.26. The fourth-order valence-corrected chi connectivity index (χ4v) is 1.57. The zero-order valence-corrected chi connectivity index (χ0v) is 8.35. The highest BCUT2D eigenvalue weighted by atomic mass is 35.5. The molecule has 4 heteroatoms. The third-order valence-corrected chi connectivity index (χ3v) is 2.41. The van der Waals surface area contributed by atoms with Crippen molar-refractivity contribution < 1.29 is 0 Å². The summed E-state index contributed by atoms with van der Waals surface area (Å²) in [6.45, 7) is 0.750. The molecule has 1 aliphatic rings. The zero-order valence-electron chi connectivity index (χ0n) is 6.77. The van der Waals surface area contributed by atoms with Crippen LogP contribution in [0.2, 0.25) is 5.02 Å². The summed E-state index contributed by atoms with van der Waals surface area (Å²) in [4.78, 5) is 5.97. The number of hydrogen-bond acceptors (Lipinski definition) is 1.